The second-order valence-corrected chi connectivity index (χ2v) is 6.66. The number of carbonyl (C=O) groups excluding carboxylic acids is 1. The molecule has 0 aliphatic rings. The number of hydrogen-bond donors (Lipinski definition) is 1. The van der Waals surface area contributed by atoms with Crippen LogP contribution < -0.4 is 10.3 Å². The molecular formula is C17H14Br2N2O2S. The van der Waals surface area contributed by atoms with E-state index in [4.69, 9.17) is 0 Å². The van der Waals surface area contributed by atoms with Crippen molar-refractivity contribution in [2.45, 2.75) is 6.42 Å². The van der Waals surface area contributed by atoms with Gasteiger partial charge in [0.05, 0.1) is 12.1 Å². The predicted octanol–water partition coefficient (Wildman–Crippen LogP) is 4.23. The summed E-state index contributed by atoms with van der Waals surface area (Å²) in [4.78, 5) is 24.0. The summed E-state index contributed by atoms with van der Waals surface area (Å²) in [7, 11) is 0. The molecule has 1 N–H and O–H groups in total. The molecule has 1 amide bonds. The van der Waals surface area contributed by atoms with Crippen LogP contribution in [0.15, 0.2) is 69.2 Å². The lowest BCUT2D eigenvalue weighted by Gasteiger charge is -2.09. The molecule has 0 fully saturated rings. The fraction of sp³-hybridized carbons (Fsp3) is 0.0588. The lowest BCUT2D eigenvalue weighted by molar-refractivity contribution is -0.116. The minimum atomic E-state index is -0.227. The van der Waals surface area contributed by atoms with Crippen molar-refractivity contribution >= 4 is 50.2 Å². The maximum absolute atomic E-state index is 12.2. The highest BCUT2D eigenvalue weighted by molar-refractivity contribution is 9.10. The molecule has 0 atom stereocenters. The van der Waals surface area contributed by atoms with E-state index in [1.54, 1.807) is 5.38 Å². The monoisotopic (exact) mass is 468 g/mol. The van der Waals surface area contributed by atoms with Crippen LogP contribution in [0.1, 0.15) is 5.56 Å². The maximum Gasteiger partial charge on any atom is 0.326 e. The minimum absolute atomic E-state index is 0. The highest BCUT2D eigenvalue weighted by Gasteiger charge is 2.12. The van der Waals surface area contributed by atoms with Gasteiger partial charge in [-0.05, 0) is 17.7 Å². The molecule has 2 aromatic carbocycles. The van der Waals surface area contributed by atoms with E-state index in [9.17, 15) is 9.59 Å². The van der Waals surface area contributed by atoms with Crippen LogP contribution >= 0.6 is 44.2 Å². The van der Waals surface area contributed by atoms with Crippen molar-refractivity contribution in [3.05, 3.63) is 79.7 Å². The van der Waals surface area contributed by atoms with Gasteiger partial charge in [0, 0.05) is 15.4 Å². The molecule has 24 heavy (non-hydrogen) atoms. The van der Waals surface area contributed by atoms with Crippen LogP contribution in [0.4, 0.5) is 0 Å². The van der Waals surface area contributed by atoms with Gasteiger partial charge in [0.2, 0.25) is 5.91 Å². The van der Waals surface area contributed by atoms with Crippen molar-refractivity contribution < 1.29 is 4.79 Å². The zero-order valence-corrected chi connectivity index (χ0v) is 16.6. The van der Waals surface area contributed by atoms with Crippen LogP contribution in [0.2, 0.25) is 0 Å². The highest BCUT2D eigenvalue weighted by Crippen LogP contribution is 2.21. The summed E-state index contributed by atoms with van der Waals surface area (Å²) in [6, 6.07) is 17.0. The zero-order valence-electron chi connectivity index (χ0n) is 12.4. The molecule has 0 saturated heterocycles. The molecule has 3 aromatic rings. The third-order valence-corrected chi connectivity index (χ3v) is 4.53. The molecule has 0 unspecified atom stereocenters. The molecule has 0 radical (unpaired) electrons. The Morgan fingerprint density at radius 2 is 1.75 bits per heavy atom. The molecule has 0 bridgehead atoms. The average Bonchev–Trinajstić information content (AvgIpc) is 2.90. The molecule has 4 nitrogen and oxygen atoms in total. The molecule has 124 valence electrons. The van der Waals surface area contributed by atoms with E-state index in [2.05, 4.69) is 21.4 Å². The molecule has 3 rings (SSSR count). The zero-order chi connectivity index (χ0) is 16.2. The van der Waals surface area contributed by atoms with E-state index in [0.29, 0.717) is 5.69 Å². The van der Waals surface area contributed by atoms with Crippen LogP contribution in [0.25, 0.3) is 11.3 Å². The summed E-state index contributed by atoms with van der Waals surface area (Å²) in [5.41, 5.74) is 5.13. The SMILES string of the molecule is Br.O=C(Cc1ccccc1)Nn1c(-c2ccc(Br)cc2)csc1=O. The molecule has 0 spiro atoms. The van der Waals surface area contributed by atoms with Crippen LogP contribution in [0.5, 0.6) is 0 Å². The molecule has 1 aromatic heterocycles. The molecule has 7 heteroatoms. The second kappa shape index (κ2) is 8.41. The first-order valence-electron chi connectivity index (χ1n) is 6.94. The quantitative estimate of drug-likeness (QED) is 0.621. The van der Waals surface area contributed by atoms with Crippen molar-refractivity contribution in [2.75, 3.05) is 5.43 Å². The number of benzene rings is 2. The molecule has 0 saturated carbocycles. The summed E-state index contributed by atoms with van der Waals surface area (Å²) in [5.74, 6) is -0.227. The lowest BCUT2D eigenvalue weighted by Crippen LogP contribution is -2.31. The Morgan fingerprint density at radius 3 is 2.42 bits per heavy atom. The minimum Gasteiger partial charge on any atom is -0.273 e. The third kappa shape index (κ3) is 4.43. The van der Waals surface area contributed by atoms with E-state index in [1.165, 1.54) is 4.68 Å². The largest absolute Gasteiger partial charge is 0.326 e. The average molecular weight is 470 g/mol. The predicted molar refractivity (Wildman–Crippen MR) is 107 cm³/mol. The van der Waals surface area contributed by atoms with E-state index >= 15 is 0 Å². The van der Waals surface area contributed by atoms with Gasteiger partial charge in [-0.1, -0.05) is 69.7 Å². The number of rotatable bonds is 4. The number of nitrogens with one attached hydrogen (secondary N) is 1. The highest BCUT2D eigenvalue weighted by atomic mass is 79.9. The molecule has 1 heterocycles. The lowest BCUT2D eigenvalue weighted by atomic mass is 10.1. The third-order valence-electron chi connectivity index (χ3n) is 3.28. The fourth-order valence-electron chi connectivity index (χ4n) is 2.18. The van der Waals surface area contributed by atoms with Crippen LogP contribution in [-0.4, -0.2) is 10.6 Å². The van der Waals surface area contributed by atoms with Gasteiger partial charge >= 0.3 is 4.87 Å². The molecule has 0 aliphatic heterocycles. The first-order valence-corrected chi connectivity index (χ1v) is 8.61. The smallest absolute Gasteiger partial charge is 0.273 e. The van der Waals surface area contributed by atoms with Gasteiger partial charge in [-0.2, -0.15) is 0 Å². The van der Waals surface area contributed by atoms with Crippen molar-refractivity contribution in [1.29, 1.82) is 0 Å². The van der Waals surface area contributed by atoms with Gasteiger partial charge in [-0.15, -0.1) is 17.0 Å². The number of aromatic nitrogens is 1. The summed E-state index contributed by atoms with van der Waals surface area (Å²) < 4.78 is 2.26. The number of thiazole rings is 1. The van der Waals surface area contributed by atoms with E-state index < -0.39 is 0 Å². The number of halogens is 2. The van der Waals surface area contributed by atoms with Gasteiger partial charge < -0.3 is 0 Å². The van der Waals surface area contributed by atoms with Crippen molar-refractivity contribution in [2.24, 2.45) is 0 Å². The Labute approximate surface area is 162 Å². The Kier molecular flexibility index (Phi) is 6.53. The van der Waals surface area contributed by atoms with Crippen molar-refractivity contribution in [3.8, 4) is 11.3 Å². The van der Waals surface area contributed by atoms with Gasteiger partial charge in [0.1, 0.15) is 0 Å². The number of nitrogens with zero attached hydrogens (tertiary/aromatic N) is 1. The van der Waals surface area contributed by atoms with Gasteiger partial charge in [0.25, 0.3) is 0 Å². The van der Waals surface area contributed by atoms with Crippen LogP contribution in [0, 0.1) is 0 Å². The molecular weight excluding hydrogens is 456 g/mol. The topological polar surface area (TPSA) is 51.1 Å². The summed E-state index contributed by atoms with van der Waals surface area (Å²) >= 11 is 4.44. The Hall–Kier alpha value is -1.70. The number of carbonyl (C=O) groups is 1. The van der Waals surface area contributed by atoms with E-state index in [1.807, 2.05) is 54.6 Å². The Bertz CT molecular complexity index is 874. The normalized spacial score (nSPS) is 10.0. The van der Waals surface area contributed by atoms with Crippen LogP contribution in [-0.2, 0) is 11.2 Å². The Balaban J connectivity index is 0.00000208. The Morgan fingerprint density at radius 1 is 1.08 bits per heavy atom. The first kappa shape index (κ1) is 18.6. The number of hydrogen-bond acceptors (Lipinski definition) is 3. The van der Waals surface area contributed by atoms with E-state index in [-0.39, 0.29) is 34.2 Å². The van der Waals surface area contributed by atoms with Crippen molar-refractivity contribution in [1.82, 2.24) is 4.68 Å². The number of amides is 1. The van der Waals surface area contributed by atoms with Crippen LogP contribution in [0.3, 0.4) is 0 Å². The summed E-state index contributed by atoms with van der Waals surface area (Å²) in [6.45, 7) is 0. The van der Waals surface area contributed by atoms with Gasteiger partial charge in [0.15, 0.2) is 0 Å². The first-order chi connectivity index (χ1) is 11.1. The molecule has 0 aliphatic carbocycles. The fourth-order valence-corrected chi connectivity index (χ4v) is 3.15. The van der Waals surface area contributed by atoms with Crippen molar-refractivity contribution in [3.63, 3.8) is 0 Å². The van der Waals surface area contributed by atoms with Gasteiger partial charge in [-0.25, -0.2) is 4.68 Å². The van der Waals surface area contributed by atoms with E-state index in [0.717, 1.165) is 26.9 Å². The van der Waals surface area contributed by atoms with Gasteiger partial charge in [-0.3, -0.25) is 15.0 Å². The maximum atomic E-state index is 12.2. The second-order valence-electron chi connectivity index (χ2n) is 4.93. The summed E-state index contributed by atoms with van der Waals surface area (Å²) in [6.07, 6.45) is 0.225. The summed E-state index contributed by atoms with van der Waals surface area (Å²) in [5, 5.41) is 1.74. The standard InChI is InChI=1S/C17H13BrN2O2S.BrH/c18-14-8-6-13(7-9-14)15-11-23-17(22)20(15)19-16(21)10-12-4-2-1-3-5-12;/h1-9,11H,10H2,(H,19,21);1H.